The molecular weight excluding hydrogens is 524 g/mol. The lowest BCUT2D eigenvalue weighted by atomic mass is 10.1. The van der Waals surface area contributed by atoms with Gasteiger partial charge in [-0.3, -0.25) is 9.59 Å². The van der Waals surface area contributed by atoms with E-state index >= 15 is 0 Å². The van der Waals surface area contributed by atoms with Crippen molar-refractivity contribution in [2.24, 2.45) is 0 Å². The van der Waals surface area contributed by atoms with Crippen LogP contribution in [-0.4, -0.2) is 79.6 Å². The van der Waals surface area contributed by atoms with E-state index in [2.05, 4.69) is 26.5 Å². The van der Waals surface area contributed by atoms with Gasteiger partial charge < -0.3 is 39.4 Å². The summed E-state index contributed by atoms with van der Waals surface area (Å²) in [5.74, 6) is 1.01. The Balaban J connectivity index is 1.57. The van der Waals surface area contributed by atoms with Gasteiger partial charge in [-0.05, 0) is 48.9 Å². The van der Waals surface area contributed by atoms with E-state index in [1.165, 1.54) is 14.2 Å². The highest BCUT2D eigenvalue weighted by Gasteiger charge is 2.25. The van der Waals surface area contributed by atoms with Gasteiger partial charge in [0.25, 0.3) is 11.8 Å². The normalized spacial score (nSPS) is 13.0. The van der Waals surface area contributed by atoms with E-state index in [0.717, 1.165) is 30.2 Å². The fourth-order valence-electron chi connectivity index (χ4n) is 4.93. The third kappa shape index (κ3) is 7.01. The highest BCUT2D eigenvalue weighted by molar-refractivity contribution is 6.09. The van der Waals surface area contributed by atoms with E-state index in [1.807, 2.05) is 30.3 Å². The summed E-state index contributed by atoms with van der Waals surface area (Å²) in [6.45, 7) is 3.98. The van der Waals surface area contributed by atoms with Gasteiger partial charge in [-0.25, -0.2) is 0 Å². The second-order valence-electron chi connectivity index (χ2n) is 9.47. The number of para-hydroxylation sites is 2. The van der Waals surface area contributed by atoms with E-state index in [1.54, 1.807) is 38.5 Å². The topological polar surface area (TPSA) is 102 Å². The molecule has 0 unspecified atom stereocenters. The van der Waals surface area contributed by atoms with Crippen molar-refractivity contribution >= 4 is 28.9 Å². The van der Waals surface area contributed by atoms with Crippen LogP contribution in [0.3, 0.4) is 0 Å². The number of nitrogens with one attached hydrogen (secondary N) is 2. The summed E-state index contributed by atoms with van der Waals surface area (Å²) < 4.78 is 21.5. The summed E-state index contributed by atoms with van der Waals surface area (Å²) in [5, 5.41) is 5.90. The van der Waals surface area contributed by atoms with Gasteiger partial charge in [0.15, 0.2) is 0 Å². The smallest absolute Gasteiger partial charge is 0.263 e. The molecule has 0 spiro atoms. The largest absolute Gasteiger partial charge is 0.496 e. The minimum Gasteiger partial charge on any atom is -0.496 e. The number of carbonyl (C=O) groups excluding carboxylic acids is 2. The lowest BCUT2D eigenvalue weighted by Gasteiger charge is -2.38. The third-order valence-electron chi connectivity index (χ3n) is 7.01. The maximum Gasteiger partial charge on any atom is 0.263 e. The second kappa shape index (κ2) is 14.3. The number of carbonyl (C=O) groups is 2. The molecule has 0 saturated carbocycles. The van der Waals surface area contributed by atoms with Gasteiger partial charge in [-0.2, -0.15) is 0 Å². The highest BCUT2D eigenvalue weighted by atomic mass is 16.5. The predicted octanol–water partition coefficient (Wildman–Crippen LogP) is 4.06. The molecule has 2 amide bonds. The van der Waals surface area contributed by atoms with Crippen molar-refractivity contribution in [3.63, 3.8) is 0 Å². The molecule has 0 bridgehead atoms. The Kier molecular flexibility index (Phi) is 10.3. The molecule has 1 fully saturated rings. The quantitative estimate of drug-likeness (QED) is 0.319. The predicted molar refractivity (Wildman–Crippen MR) is 160 cm³/mol. The van der Waals surface area contributed by atoms with Crippen LogP contribution < -0.4 is 34.6 Å². The van der Waals surface area contributed by atoms with Crippen LogP contribution in [0, 0.1) is 0 Å². The standard InChI is InChI=1S/C31H38N4O6/c1-38-20-8-15-32-30(36)23-21-22(33-31(37)29-27(40-3)11-7-12-28(29)41-4)13-14-24(23)34-16-18-35(19-17-34)25-9-5-6-10-26(25)39-2/h5-7,9-14,21H,8,15-20H2,1-4H3,(H,32,36)(H,33,37). The first-order valence-corrected chi connectivity index (χ1v) is 13.6. The number of anilines is 3. The summed E-state index contributed by atoms with van der Waals surface area (Å²) in [6.07, 6.45) is 0.694. The average molecular weight is 563 g/mol. The average Bonchev–Trinajstić information content (AvgIpc) is 3.02. The van der Waals surface area contributed by atoms with Gasteiger partial charge in [-0.15, -0.1) is 0 Å². The van der Waals surface area contributed by atoms with Gasteiger partial charge in [0.2, 0.25) is 0 Å². The zero-order valence-corrected chi connectivity index (χ0v) is 24.1. The summed E-state index contributed by atoms with van der Waals surface area (Å²) in [7, 11) is 6.31. The van der Waals surface area contributed by atoms with Gasteiger partial charge in [0.1, 0.15) is 22.8 Å². The number of amides is 2. The van der Waals surface area contributed by atoms with Crippen molar-refractivity contribution in [2.75, 3.05) is 82.9 Å². The lowest BCUT2D eigenvalue weighted by molar-refractivity contribution is 0.0947. The van der Waals surface area contributed by atoms with Crippen molar-refractivity contribution in [1.29, 1.82) is 0 Å². The summed E-state index contributed by atoms with van der Waals surface area (Å²) in [5.41, 5.74) is 3.11. The SMILES string of the molecule is COCCCNC(=O)c1cc(NC(=O)c2c(OC)cccc2OC)ccc1N1CCN(c2ccccc2OC)CC1. The summed E-state index contributed by atoms with van der Waals surface area (Å²) >= 11 is 0. The fourth-order valence-corrected chi connectivity index (χ4v) is 4.93. The Morgan fingerprint density at radius 2 is 1.34 bits per heavy atom. The van der Waals surface area contributed by atoms with Crippen LogP contribution in [0.1, 0.15) is 27.1 Å². The summed E-state index contributed by atoms with van der Waals surface area (Å²) in [4.78, 5) is 31.2. The molecule has 0 aromatic heterocycles. The maximum atomic E-state index is 13.4. The third-order valence-corrected chi connectivity index (χ3v) is 7.01. The molecule has 0 radical (unpaired) electrons. The number of hydrogen-bond acceptors (Lipinski definition) is 8. The molecule has 1 saturated heterocycles. The van der Waals surface area contributed by atoms with E-state index in [0.29, 0.717) is 55.4 Å². The maximum absolute atomic E-state index is 13.4. The minimum atomic E-state index is -0.399. The number of hydrogen-bond donors (Lipinski definition) is 2. The van der Waals surface area contributed by atoms with Crippen LogP contribution in [0.25, 0.3) is 0 Å². The molecule has 4 rings (SSSR count). The molecular formula is C31H38N4O6. The van der Waals surface area contributed by atoms with Crippen LogP contribution >= 0.6 is 0 Å². The van der Waals surface area contributed by atoms with Crippen molar-refractivity contribution < 1.29 is 28.5 Å². The van der Waals surface area contributed by atoms with Gasteiger partial charge >= 0.3 is 0 Å². The molecule has 41 heavy (non-hydrogen) atoms. The van der Waals surface area contributed by atoms with Gasteiger partial charge in [-0.1, -0.05) is 18.2 Å². The number of benzene rings is 3. The van der Waals surface area contributed by atoms with Crippen LogP contribution in [0.2, 0.25) is 0 Å². The molecule has 3 aromatic carbocycles. The molecule has 1 aliphatic rings. The molecule has 218 valence electrons. The van der Waals surface area contributed by atoms with Crippen LogP contribution in [0.4, 0.5) is 17.1 Å². The molecule has 10 nitrogen and oxygen atoms in total. The van der Waals surface area contributed by atoms with E-state index in [4.69, 9.17) is 18.9 Å². The molecule has 0 atom stereocenters. The van der Waals surface area contributed by atoms with E-state index in [-0.39, 0.29) is 11.5 Å². The lowest BCUT2D eigenvalue weighted by Crippen LogP contribution is -2.47. The summed E-state index contributed by atoms with van der Waals surface area (Å²) in [6, 6.07) is 18.5. The van der Waals surface area contributed by atoms with Crippen molar-refractivity contribution in [1.82, 2.24) is 5.32 Å². The highest BCUT2D eigenvalue weighted by Crippen LogP contribution is 2.32. The van der Waals surface area contributed by atoms with Crippen molar-refractivity contribution in [3.8, 4) is 17.2 Å². The molecule has 2 N–H and O–H groups in total. The Bertz CT molecular complexity index is 1320. The zero-order valence-electron chi connectivity index (χ0n) is 24.1. The molecule has 1 aliphatic heterocycles. The Morgan fingerprint density at radius 1 is 0.732 bits per heavy atom. The second-order valence-corrected chi connectivity index (χ2v) is 9.47. The monoisotopic (exact) mass is 562 g/mol. The van der Waals surface area contributed by atoms with E-state index < -0.39 is 5.91 Å². The Labute approximate surface area is 241 Å². The fraction of sp³-hybridized carbons (Fsp3) is 0.355. The first kappa shape index (κ1) is 29.5. The first-order valence-electron chi connectivity index (χ1n) is 13.6. The van der Waals surface area contributed by atoms with Crippen LogP contribution in [-0.2, 0) is 4.74 Å². The van der Waals surface area contributed by atoms with Crippen LogP contribution in [0.15, 0.2) is 60.7 Å². The molecule has 0 aliphatic carbocycles. The Hall–Kier alpha value is -4.44. The van der Waals surface area contributed by atoms with Crippen LogP contribution in [0.5, 0.6) is 17.2 Å². The van der Waals surface area contributed by atoms with Crippen molar-refractivity contribution in [2.45, 2.75) is 6.42 Å². The Morgan fingerprint density at radius 3 is 1.98 bits per heavy atom. The number of piperazine rings is 1. The first-order chi connectivity index (χ1) is 20.0. The number of methoxy groups -OCH3 is 4. The van der Waals surface area contributed by atoms with Crippen molar-refractivity contribution in [3.05, 3.63) is 71.8 Å². The number of nitrogens with zero attached hydrogens (tertiary/aromatic N) is 2. The number of ether oxygens (including phenoxy) is 4. The minimum absolute atomic E-state index is 0.214. The van der Waals surface area contributed by atoms with E-state index in [9.17, 15) is 9.59 Å². The molecule has 3 aromatic rings. The van der Waals surface area contributed by atoms with Gasteiger partial charge in [0, 0.05) is 57.8 Å². The van der Waals surface area contributed by atoms with Gasteiger partial charge in [0.05, 0.1) is 32.6 Å². The molecule has 10 heteroatoms. The number of rotatable bonds is 12. The molecule has 1 heterocycles. The zero-order chi connectivity index (χ0) is 29.2.